The number of carbonyl (C=O) groups is 4. The minimum atomic E-state index is -1.32. The summed E-state index contributed by atoms with van der Waals surface area (Å²) in [5.41, 5.74) is 1.57. The maximum absolute atomic E-state index is 15.1. The molecule has 5 aliphatic rings. The molecule has 4 fully saturated rings. The number of nitrogens with zero attached hydrogens (tertiary/aromatic N) is 4. The molecule has 4 heterocycles. The molecule has 268 valence electrons. The van der Waals surface area contributed by atoms with Gasteiger partial charge in [0.1, 0.15) is 17.3 Å². The monoisotopic (exact) mass is 756 g/mol. The smallest absolute Gasteiger partial charge is 0.242 e. The number of thiophene rings is 1. The van der Waals surface area contributed by atoms with Crippen molar-refractivity contribution in [2.24, 2.45) is 36.1 Å². The van der Waals surface area contributed by atoms with Crippen LogP contribution in [-0.2, 0) is 26.2 Å². The van der Waals surface area contributed by atoms with Crippen LogP contribution in [0.4, 0.5) is 5.82 Å². The van der Waals surface area contributed by atoms with Gasteiger partial charge in [0.2, 0.25) is 23.6 Å². The highest BCUT2D eigenvalue weighted by Crippen LogP contribution is 2.64. The molecule has 0 radical (unpaired) electrons. The number of benzene rings is 2. The number of likely N-dealkylation sites (tertiary alicyclic amines) is 1. The minimum absolute atomic E-state index is 0.0439. The van der Waals surface area contributed by atoms with Gasteiger partial charge in [-0.15, -0.1) is 11.3 Å². The van der Waals surface area contributed by atoms with E-state index in [2.05, 4.69) is 0 Å². The molecule has 52 heavy (non-hydrogen) atoms. The van der Waals surface area contributed by atoms with Crippen LogP contribution < -0.4 is 4.90 Å². The molecular weight excluding hydrogens is 719 g/mol. The van der Waals surface area contributed by atoms with Gasteiger partial charge in [-0.3, -0.25) is 28.8 Å². The number of halogens is 2. The Morgan fingerprint density at radius 3 is 2.42 bits per heavy atom. The van der Waals surface area contributed by atoms with Crippen LogP contribution in [0.5, 0.6) is 5.75 Å². The number of anilines is 1. The van der Waals surface area contributed by atoms with E-state index in [1.807, 2.05) is 31.2 Å². The first-order chi connectivity index (χ1) is 24.9. The molecular formula is C40H38Cl2N4O5S. The van der Waals surface area contributed by atoms with Gasteiger partial charge in [-0.05, 0) is 92.8 Å². The topological polar surface area (TPSA) is 113 Å². The Balaban J connectivity index is 1.15. The zero-order valence-corrected chi connectivity index (χ0v) is 31.4. The van der Waals surface area contributed by atoms with Crippen LogP contribution in [0.25, 0.3) is 20.7 Å². The second-order valence-electron chi connectivity index (χ2n) is 15.4. The van der Waals surface area contributed by atoms with Crippen molar-refractivity contribution in [2.75, 3.05) is 4.90 Å². The van der Waals surface area contributed by atoms with E-state index in [-0.39, 0.29) is 35.9 Å². The first-order valence-electron chi connectivity index (χ1n) is 18.1. The summed E-state index contributed by atoms with van der Waals surface area (Å²) in [4.78, 5) is 61.9. The predicted octanol–water partition coefficient (Wildman–Crippen LogP) is 8.19. The summed E-state index contributed by atoms with van der Waals surface area (Å²) in [6.07, 6.45) is 7.30. The van der Waals surface area contributed by atoms with Gasteiger partial charge in [-0.25, -0.2) is 4.90 Å². The lowest BCUT2D eigenvalue weighted by atomic mass is 9.51. The number of imide groups is 2. The highest BCUT2D eigenvalue weighted by molar-refractivity contribution is 7.22. The van der Waals surface area contributed by atoms with E-state index < -0.39 is 40.9 Å². The number of carbonyl (C=O) groups excluding carboxylic acids is 4. The molecule has 2 aromatic carbocycles. The number of fused-ring (bicyclic) bond motifs is 5. The molecule has 2 saturated carbocycles. The molecule has 3 aliphatic carbocycles. The molecule has 0 bridgehead atoms. The van der Waals surface area contributed by atoms with Crippen molar-refractivity contribution in [3.05, 3.63) is 75.3 Å². The van der Waals surface area contributed by atoms with Crippen molar-refractivity contribution in [3.63, 3.8) is 0 Å². The van der Waals surface area contributed by atoms with Gasteiger partial charge >= 0.3 is 0 Å². The third kappa shape index (κ3) is 4.69. The number of allylic oxidation sites excluding steroid dienone is 2. The number of aromatic hydroxyl groups is 1. The van der Waals surface area contributed by atoms with Crippen LogP contribution in [0.15, 0.2) is 54.1 Å². The number of aromatic nitrogens is 2. The Labute approximate surface area is 315 Å². The fourth-order valence-electron chi connectivity index (χ4n) is 10.3. The molecule has 6 unspecified atom stereocenters. The van der Waals surface area contributed by atoms with Crippen LogP contribution in [0, 0.1) is 36.0 Å². The number of phenols is 1. The van der Waals surface area contributed by atoms with Crippen LogP contribution in [0.2, 0.25) is 10.0 Å². The van der Waals surface area contributed by atoms with E-state index in [0.717, 1.165) is 58.2 Å². The average Bonchev–Trinajstić information content (AvgIpc) is 3.80. The molecule has 2 aliphatic heterocycles. The zero-order valence-electron chi connectivity index (χ0n) is 29.1. The molecule has 4 aromatic rings. The van der Waals surface area contributed by atoms with E-state index >= 15 is 4.79 Å². The van der Waals surface area contributed by atoms with Crippen molar-refractivity contribution in [2.45, 2.75) is 70.8 Å². The summed E-state index contributed by atoms with van der Waals surface area (Å²) in [7, 11) is 1.72. The predicted molar refractivity (Wildman–Crippen MR) is 200 cm³/mol. The molecule has 6 atom stereocenters. The molecule has 0 spiro atoms. The summed E-state index contributed by atoms with van der Waals surface area (Å²) in [6.45, 7) is 3.81. The molecule has 2 aromatic heterocycles. The summed E-state index contributed by atoms with van der Waals surface area (Å²) in [5, 5.41) is 18.2. The van der Waals surface area contributed by atoms with Gasteiger partial charge in [0.05, 0.1) is 28.0 Å². The normalized spacial score (nSPS) is 29.2. The van der Waals surface area contributed by atoms with Crippen LogP contribution in [-0.4, -0.2) is 49.5 Å². The third-order valence-electron chi connectivity index (χ3n) is 12.8. The Morgan fingerprint density at radius 1 is 0.923 bits per heavy atom. The molecule has 1 N–H and O–H groups in total. The number of phenolic OH excluding ortho intramolecular Hbond substituents is 1. The van der Waals surface area contributed by atoms with Crippen LogP contribution in [0.1, 0.15) is 68.9 Å². The third-order valence-corrected chi connectivity index (χ3v) is 14.5. The number of amides is 4. The lowest BCUT2D eigenvalue weighted by molar-refractivity contribution is -0.144. The van der Waals surface area contributed by atoms with Gasteiger partial charge in [-0.1, -0.05) is 54.1 Å². The maximum atomic E-state index is 15.1. The standard InChI is InChI=1S/C40H38Cl2N4O5S/c1-19-25-15-21(42)10-14-31(25)52-35(19)29-18-32(44(3)43-29)46-37(49)28-17-26-23(34(40(28,2)39(46)51)27-16-20(41)9-13-30(27)47)11-12-24-33(26)38(50)45(36(24)48)22-7-5-4-6-8-22/h9-11,13-16,18,22,24,26,28,33-34,47H,4-8,12,17H2,1-3H3. The molecule has 4 amide bonds. The van der Waals surface area contributed by atoms with Crippen molar-refractivity contribution in [1.82, 2.24) is 14.7 Å². The molecule has 9 nitrogen and oxygen atoms in total. The van der Waals surface area contributed by atoms with E-state index in [4.69, 9.17) is 28.3 Å². The van der Waals surface area contributed by atoms with Crippen molar-refractivity contribution >= 4 is 74.1 Å². The number of hydrogen-bond donors (Lipinski definition) is 1. The Kier molecular flexibility index (Phi) is 7.81. The molecule has 9 rings (SSSR count). The minimum Gasteiger partial charge on any atom is -0.508 e. The summed E-state index contributed by atoms with van der Waals surface area (Å²) < 4.78 is 2.62. The van der Waals surface area contributed by atoms with Crippen molar-refractivity contribution in [3.8, 4) is 16.3 Å². The van der Waals surface area contributed by atoms with Crippen molar-refractivity contribution in [1.29, 1.82) is 0 Å². The number of aryl methyl sites for hydroxylation is 2. The van der Waals surface area contributed by atoms with E-state index in [9.17, 15) is 19.5 Å². The second-order valence-corrected chi connectivity index (χ2v) is 17.3. The Bertz CT molecular complexity index is 2270. The summed E-state index contributed by atoms with van der Waals surface area (Å²) >= 11 is 14.4. The maximum Gasteiger partial charge on any atom is 0.242 e. The largest absolute Gasteiger partial charge is 0.508 e. The van der Waals surface area contributed by atoms with Gasteiger partial charge in [0.15, 0.2) is 0 Å². The summed E-state index contributed by atoms with van der Waals surface area (Å²) in [5.74, 6) is -3.96. The highest BCUT2D eigenvalue weighted by atomic mass is 35.5. The first-order valence-corrected chi connectivity index (χ1v) is 19.6. The average molecular weight is 758 g/mol. The number of rotatable bonds is 4. The van der Waals surface area contributed by atoms with Gasteiger partial charge in [0, 0.05) is 45.4 Å². The van der Waals surface area contributed by atoms with Crippen LogP contribution in [0.3, 0.4) is 0 Å². The lowest BCUT2D eigenvalue weighted by Gasteiger charge is -2.49. The Morgan fingerprint density at radius 2 is 1.65 bits per heavy atom. The fraction of sp³-hybridized carbons (Fsp3) is 0.425. The SMILES string of the molecule is Cc1c(-c2cc(N3C(=O)C4CC5C(=CCC6C(=O)N(C7CCCCC7)C(=O)C65)C(c5cc(Cl)ccc5O)C4(C)C3=O)n(C)n2)sc2ccc(Cl)cc12. The first kappa shape index (κ1) is 33.8. The van der Waals surface area contributed by atoms with E-state index in [0.29, 0.717) is 33.5 Å². The Hall–Kier alpha value is -3.99. The number of hydrogen-bond acceptors (Lipinski definition) is 7. The van der Waals surface area contributed by atoms with E-state index in [1.165, 1.54) is 11.0 Å². The van der Waals surface area contributed by atoms with Gasteiger partial charge in [-0.2, -0.15) is 5.10 Å². The van der Waals surface area contributed by atoms with E-state index in [1.54, 1.807) is 53.1 Å². The molecule has 2 saturated heterocycles. The lowest BCUT2D eigenvalue weighted by Crippen LogP contribution is -2.49. The van der Waals surface area contributed by atoms with Gasteiger partial charge < -0.3 is 5.11 Å². The summed E-state index contributed by atoms with van der Waals surface area (Å²) in [6, 6.07) is 12.2. The molecule has 12 heteroatoms. The van der Waals surface area contributed by atoms with Crippen molar-refractivity contribution < 1.29 is 24.3 Å². The fourth-order valence-corrected chi connectivity index (χ4v) is 11.8. The zero-order chi connectivity index (χ0) is 36.4. The highest BCUT2D eigenvalue weighted by Gasteiger charge is 2.68. The van der Waals surface area contributed by atoms with Gasteiger partial charge in [0.25, 0.3) is 0 Å². The second kappa shape index (κ2) is 12.0. The quantitative estimate of drug-likeness (QED) is 0.166. The van der Waals surface area contributed by atoms with Crippen LogP contribution >= 0.6 is 34.5 Å².